The minimum atomic E-state index is -3.66. The number of nitrogens with one attached hydrogen (secondary N) is 1. The molecule has 0 saturated carbocycles. The van der Waals surface area contributed by atoms with Crippen LogP contribution < -0.4 is 9.46 Å². The lowest BCUT2D eigenvalue weighted by atomic mass is 10.1. The van der Waals surface area contributed by atoms with E-state index in [-0.39, 0.29) is 4.90 Å². The first-order chi connectivity index (χ1) is 11.6. The lowest BCUT2D eigenvalue weighted by Gasteiger charge is -2.18. The fourth-order valence-electron chi connectivity index (χ4n) is 2.37. The summed E-state index contributed by atoms with van der Waals surface area (Å²) in [5.74, 6) is 0.617. The highest BCUT2D eigenvalue weighted by atomic mass is 32.2. The Balaban J connectivity index is 1.94. The normalized spacial score (nSPS) is 12.7. The average molecular weight is 359 g/mol. The van der Waals surface area contributed by atoms with Crippen molar-refractivity contribution in [3.8, 4) is 5.75 Å². The lowest BCUT2D eigenvalue weighted by Crippen LogP contribution is -2.29. The van der Waals surface area contributed by atoms with E-state index in [1.54, 1.807) is 19.2 Å². The molecule has 3 aromatic rings. The number of hydrogen-bond acceptors (Lipinski definition) is 4. The molecule has 4 nitrogen and oxygen atoms in total. The van der Waals surface area contributed by atoms with E-state index >= 15 is 0 Å². The SMILES string of the molecule is COc1ccc(S(=O)(=O)N[C@@H](c2ccccc2)c2cccs2)cc1. The van der Waals surface area contributed by atoms with Crippen molar-refractivity contribution in [3.63, 3.8) is 0 Å². The molecule has 1 atom stereocenters. The van der Waals surface area contributed by atoms with Gasteiger partial charge in [0.2, 0.25) is 10.0 Å². The summed E-state index contributed by atoms with van der Waals surface area (Å²) in [4.78, 5) is 1.15. The smallest absolute Gasteiger partial charge is 0.241 e. The van der Waals surface area contributed by atoms with Gasteiger partial charge in [0.1, 0.15) is 5.75 Å². The van der Waals surface area contributed by atoms with Gasteiger partial charge in [-0.05, 0) is 41.3 Å². The van der Waals surface area contributed by atoms with Crippen LogP contribution in [-0.4, -0.2) is 15.5 Å². The van der Waals surface area contributed by atoms with Gasteiger partial charge in [-0.2, -0.15) is 4.72 Å². The van der Waals surface area contributed by atoms with Crippen LogP contribution in [0.1, 0.15) is 16.5 Å². The van der Waals surface area contributed by atoms with E-state index in [2.05, 4.69) is 4.72 Å². The summed E-state index contributed by atoms with van der Waals surface area (Å²) >= 11 is 1.52. The molecule has 24 heavy (non-hydrogen) atoms. The molecule has 0 saturated heterocycles. The summed E-state index contributed by atoms with van der Waals surface area (Å²) in [5, 5.41) is 1.94. The van der Waals surface area contributed by atoms with Crippen LogP contribution in [0.25, 0.3) is 0 Å². The molecule has 6 heteroatoms. The standard InChI is InChI=1S/C18H17NO3S2/c1-22-15-9-11-16(12-10-15)24(20,21)19-18(17-8-5-13-23-17)14-6-3-2-4-7-14/h2-13,18-19H,1H3/t18-/m0/s1. The second-order valence-corrected chi connectivity index (χ2v) is 7.85. The van der Waals surface area contributed by atoms with E-state index in [9.17, 15) is 8.42 Å². The van der Waals surface area contributed by atoms with Crippen LogP contribution in [0.5, 0.6) is 5.75 Å². The van der Waals surface area contributed by atoms with Crippen molar-refractivity contribution in [2.75, 3.05) is 7.11 Å². The van der Waals surface area contributed by atoms with E-state index < -0.39 is 16.1 Å². The molecule has 3 rings (SSSR count). The summed E-state index contributed by atoms with van der Waals surface area (Å²) in [5.41, 5.74) is 0.900. The van der Waals surface area contributed by atoms with Gasteiger partial charge < -0.3 is 4.74 Å². The van der Waals surface area contributed by atoms with Crippen LogP contribution >= 0.6 is 11.3 Å². The Morgan fingerprint density at radius 1 is 0.958 bits per heavy atom. The molecule has 0 unspecified atom stereocenters. The Morgan fingerprint density at radius 3 is 2.25 bits per heavy atom. The van der Waals surface area contributed by atoms with Gasteiger partial charge in [0.05, 0.1) is 18.0 Å². The van der Waals surface area contributed by atoms with Crippen LogP contribution in [-0.2, 0) is 10.0 Å². The number of methoxy groups -OCH3 is 1. The highest BCUT2D eigenvalue weighted by Crippen LogP contribution is 2.28. The molecule has 0 radical (unpaired) electrons. The Hall–Kier alpha value is -2.15. The van der Waals surface area contributed by atoms with Crippen molar-refractivity contribution in [2.45, 2.75) is 10.9 Å². The number of rotatable bonds is 6. The average Bonchev–Trinajstić information content (AvgIpc) is 3.15. The topological polar surface area (TPSA) is 55.4 Å². The van der Waals surface area contributed by atoms with Crippen molar-refractivity contribution < 1.29 is 13.2 Å². The van der Waals surface area contributed by atoms with E-state index in [1.165, 1.54) is 23.5 Å². The van der Waals surface area contributed by atoms with Gasteiger partial charge in [0.15, 0.2) is 0 Å². The number of hydrogen-bond donors (Lipinski definition) is 1. The summed E-state index contributed by atoms with van der Waals surface area (Å²) in [6.07, 6.45) is 0. The van der Waals surface area contributed by atoms with Crippen LogP contribution in [0.2, 0.25) is 0 Å². The summed E-state index contributed by atoms with van der Waals surface area (Å²) in [6.45, 7) is 0. The highest BCUT2D eigenvalue weighted by molar-refractivity contribution is 7.89. The maximum Gasteiger partial charge on any atom is 0.241 e. The molecule has 0 spiro atoms. The molecular formula is C18H17NO3S2. The number of benzene rings is 2. The summed E-state index contributed by atoms with van der Waals surface area (Å²) < 4.78 is 33.4. The summed E-state index contributed by atoms with van der Waals surface area (Å²) in [6, 6.07) is 19.3. The van der Waals surface area contributed by atoms with Gasteiger partial charge in [-0.25, -0.2) is 8.42 Å². The second-order valence-electron chi connectivity index (χ2n) is 5.16. The molecule has 0 aliphatic carbocycles. The Labute approximate surface area is 145 Å². The van der Waals surface area contributed by atoms with Gasteiger partial charge in [-0.1, -0.05) is 36.4 Å². The van der Waals surface area contributed by atoms with Gasteiger partial charge in [-0.3, -0.25) is 0 Å². The van der Waals surface area contributed by atoms with Crippen molar-refractivity contribution in [1.29, 1.82) is 0 Å². The number of thiophene rings is 1. The third-order valence-electron chi connectivity index (χ3n) is 3.60. The third kappa shape index (κ3) is 3.67. The monoisotopic (exact) mass is 359 g/mol. The van der Waals surface area contributed by atoms with E-state index in [4.69, 9.17) is 4.74 Å². The minimum absolute atomic E-state index is 0.209. The third-order valence-corrected chi connectivity index (χ3v) is 5.98. The maximum absolute atomic E-state index is 12.8. The van der Waals surface area contributed by atoms with E-state index in [0.717, 1.165) is 10.4 Å². The largest absolute Gasteiger partial charge is 0.497 e. The Bertz CT molecular complexity index is 874. The molecule has 0 aliphatic heterocycles. The van der Waals surface area contributed by atoms with Crippen molar-refractivity contribution >= 4 is 21.4 Å². The Morgan fingerprint density at radius 2 is 1.67 bits per heavy atom. The molecule has 0 aliphatic rings. The fourth-order valence-corrected chi connectivity index (χ4v) is 4.45. The quantitative estimate of drug-likeness (QED) is 0.728. The van der Waals surface area contributed by atoms with Gasteiger partial charge in [0.25, 0.3) is 0 Å². The first-order valence-electron chi connectivity index (χ1n) is 7.35. The minimum Gasteiger partial charge on any atom is -0.497 e. The number of ether oxygens (including phenoxy) is 1. The van der Waals surface area contributed by atoms with Crippen LogP contribution in [0.15, 0.2) is 77.0 Å². The van der Waals surface area contributed by atoms with Crippen molar-refractivity contribution in [1.82, 2.24) is 4.72 Å². The molecule has 1 heterocycles. The fraction of sp³-hybridized carbons (Fsp3) is 0.111. The number of sulfonamides is 1. The Kier molecular flexibility index (Phi) is 4.99. The van der Waals surface area contributed by atoms with Gasteiger partial charge in [0, 0.05) is 4.88 Å². The van der Waals surface area contributed by atoms with Crippen molar-refractivity contribution in [3.05, 3.63) is 82.6 Å². The first-order valence-corrected chi connectivity index (χ1v) is 9.71. The molecular weight excluding hydrogens is 342 g/mol. The lowest BCUT2D eigenvalue weighted by molar-refractivity contribution is 0.414. The molecule has 2 aromatic carbocycles. The predicted molar refractivity (Wildman–Crippen MR) is 95.9 cm³/mol. The second kappa shape index (κ2) is 7.17. The molecule has 0 fully saturated rings. The van der Waals surface area contributed by atoms with Crippen LogP contribution in [0.3, 0.4) is 0 Å². The van der Waals surface area contributed by atoms with Gasteiger partial charge >= 0.3 is 0 Å². The zero-order chi connectivity index (χ0) is 17.0. The first kappa shape index (κ1) is 16.7. The zero-order valence-electron chi connectivity index (χ0n) is 13.0. The molecule has 1 aromatic heterocycles. The molecule has 1 N–H and O–H groups in total. The van der Waals surface area contributed by atoms with Gasteiger partial charge in [-0.15, -0.1) is 11.3 Å². The van der Waals surface area contributed by atoms with E-state index in [1.807, 2.05) is 47.8 Å². The highest BCUT2D eigenvalue weighted by Gasteiger charge is 2.23. The molecule has 124 valence electrons. The van der Waals surface area contributed by atoms with Crippen LogP contribution in [0, 0.1) is 0 Å². The van der Waals surface area contributed by atoms with E-state index in [0.29, 0.717) is 5.75 Å². The molecule has 0 amide bonds. The zero-order valence-corrected chi connectivity index (χ0v) is 14.7. The predicted octanol–water partition coefficient (Wildman–Crippen LogP) is 3.82. The van der Waals surface area contributed by atoms with Crippen molar-refractivity contribution in [2.24, 2.45) is 0 Å². The maximum atomic E-state index is 12.8. The van der Waals surface area contributed by atoms with Crippen LogP contribution in [0.4, 0.5) is 0 Å². The summed E-state index contributed by atoms with van der Waals surface area (Å²) in [7, 11) is -2.11. The molecule has 0 bridgehead atoms.